The molecule has 224 valence electrons. The van der Waals surface area contributed by atoms with E-state index in [-0.39, 0.29) is 0 Å². The molecule has 0 aliphatic carbocycles. The summed E-state index contributed by atoms with van der Waals surface area (Å²) in [6.45, 7) is 11.5. The number of hydrogen-bond acceptors (Lipinski definition) is 4. The van der Waals surface area contributed by atoms with Crippen molar-refractivity contribution in [2.75, 3.05) is 32.7 Å². The molecule has 2 aromatic carbocycles. The lowest BCUT2D eigenvalue weighted by molar-refractivity contribution is -0.133. The van der Waals surface area contributed by atoms with Crippen molar-refractivity contribution in [3.8, 4) is 0 Å². The Balaban J connectivity index is 0.000000417. The van der Waals surface area contributed by atoms with E-state index >= 15 is 0 Å². The summed E-state index contributed by atoms with van der Waals surface area (Å²) in [5, 5.41) is 0. The highest BCUT2D eigenvalue weighted by Gasteiger charge is 2.33. The Morgan fingerprint density at radius 1 is 0.805 bits per heavy atom. The molecule has 0 saturated carbocycles. The number of rotatable bonds is 8. The maximum atomic E-state index is 13.1. The summed E-state index contributed by atoms with van der Waals surface area (Å²) < 4.78 is 0. The van der Waals surface area contributed by atoms with E-state index in [0.29, 0.717) is 36.9 Å². The summed E-state index contributed by atoms with van der Waals surface area (Å²) in [5.74, 6) is 0.333. The fraction of sp³-hybridized carbons (Fsp3) is 0.611. The fourth-order valence-corrected chi connectivity index (χ4v) is 7.24. The summed E-state index contributed by atoms with van der Waals surface area (Å²) in [7, 11) is 0. The number of piperidine rings is 3. The minimum atomic E-state index is 0.333. The lowest BCUT2D eigenvalue weighted by atomic mass is 9.88. The zero-order valence-corrected chi connectivity index (χ0v) is 25.9. The highest BCUT2D eigenvalue weighted by molar-refractivity contribution is 5.76. The van der Waals surface area contributed by atoms with Crippen LogP contribution in [-0.4, -0.2) is 71.7 Å². The Hall–Kier alpha value is -2.50. The Morgan fingerprint density at radius 3 is 2.07 bits per heavy atom. The number of carbonyl (C=O) groups excluding carboxylic acids is 2. The first-order chi connectivity index (χ1) is 19.9. The van der Waals surface area contributed by atoms with Gasteiger partial charge < -0.3 is 14.6 Å². The number of aldehydes is 1. The van der Waals surface area contributed by atoms with E-state index in [1.165, 1.54) is 61.0 Å². The Labute approximate surface area is 249 Å². The van der Waals surface area contributed by atoms with Crippen LogP contribution in [0.1, 0.15) is 98.9 Å². The van der Waals surface area contributed by atoms with Crippen LogP contribution >= 0.6 is 0 Å². The first-order valence-electron chi connectivity index (χ1n) is 16.3. The van der Waals surface area contributed by atoms with Crippen molar-refractivity contribution in [2.45, 2.75) is 110 Å². The van der Waals surface area contributed by atoms with Gasteiger partial charge in [0, 0.05) is 50.6 Å². The number of aryl methyl sites for hydroxylation is 3. The summed E-state index contributed by atoms with van der Waals surface area (Å²) in [6, 6.07) is 18.7. The van der Waals surface area contributed by atoms with E-state index in [1.807, 2.05) is 0 Å². The fourth-order valence-electron chi connectivity index (χ4n) is 7.24. The van der Waals surface area contributed by atoms with Crippen LogP contribution in [0.5, 0.6) is 0 Å². The van der Waals surface area contributed by atoms with Crippen molar-refractivity contribution >= 4 is 12.2 Å². The van der Waals surface area contributed by atoms with Gasteiger partial charge in [0.2, 0.25) is 5.91 Å². The second-order valence-corrected chi connectivity index (χ2v) is 12.6. The summed E-state index contributed by atoms with van der Waals surface area (Å²) in [4.78, 5) is 31.6. The average molecular weight is 560 g/mol. The van der Waals surface area contributed by atoms with E-state index in [2.05, 4.69) is 84.0 Å². The van der Waals surface area contributed by atoms with E-state index in [9.17, 15) is 9.59 Å². The predicted molar refractivity (Wildman–Crippen MR) is 169 cm³/mol. The molecule has 41 heavy (non-hydrogen) atoms. The largest absolute Gasteiger partial charge is 0.343 e. The smallest absolute Gasteiger partial charge is 0.222 e. The van der Waals surface area contributed by atoms with Crippen molar-refractivity contribution in [3.63, 3.8) is 0 Å². The molecule has 3 aliphatic heterocycles. The molecule has 5 nitrogen and oxygen atoms in total. The molecule has 3 saturated heterocycles. The van der Waals surface area contributed by atoms with Crippen LogP contribution in [0.15, 0.2) is 48.5 Å². The van der Waals surface area contributed by atoms with Gasteiger partial charge in [0.15, 0.2) is 0 Å². The second-order valence-electron chi connectivity index (χ2n) is 12.6. The molecule has 0 spiro atoms. The first-order valence-corrected chi connectivity index (χ1v) is 16.3. The van der Waals surface area contributed by atoms with Gasteiger partial charge in [-0.2, -0.15) is 0 Å². The number of nitrogens with zero attached hydrogens (tertiary/aromatic N) is 3. The van der Waals surface area contributed by atoms with Crippen molar-refractivity contribution in [3.05, 3.63) is 70.8 Å². The summed E-state index contributed by atoms with van der Waals surface area (Å²) >= 11 is 0. The molecule has 5 heteroatoms. The van der Waals surface area contributed by atoms with Crippen molar-refractivity contribution in [1.29, 1.82) is 0 Å². The van der Waals surface area contributed by atoms with Crippen LogP contribution < -0.4 is 0 Å². The van der Waals surface area contributed by atoms with Gasteiger partial charge >= 0.3 is 0 Å². The third-order valence-electron chi connectivity index (χ3n) is 9.41. The lowest BCUT2D eigenvalue weighted by Crippen LogP contribution is -2.48. The number of carbonyl (C=O) groups is 2. The molecule has 2 atom stereocenters. The maximum Gasteiger partial charge on any atom is 0.222 e. The third kappa shape index (κ3) is 9.51. The van der Waals surface area contributed by atoms with Crippen LogP contribution in [0.4, 0.5) is 0 Å². The first kappa shape index (κ1) is 31.4. The zero-order valence-electron chi connectivity index (χ0n) is 25.9. The van der Waals surface area contributed by atoms with Crippen LogP contribution in [0, 0.1) is 20.8 Å². The number of hydrogen-bond donors (Lipinski definition) is 0. The maximum absolute atomic E-state index is 13.1. The monoisotopic (exact) mass is 559 g/mol. The van der Waals surface area contributed by atoms with Gasteiger partial charge in [0.1, 0.15) is 6.29 Å². The molecule has 3 fully saturated rings. The number of amides is 1. The van der Waals surface area contributed by atoms with Crippen molar-refractivity contribution in [2.24, 2.45) is 0 Å². The molecule has 1 amide bonds. The number of benzene rings is 2. The molecule has 5 rings (SSSR count). The molecule has 2 aromatic rings. The molecule has 3 aliphatic rings. The molecular formula is C36H53N3O2. The van der Waals surface area contributed by atoms with E-state index in [4.69, 9.17) is 0 Å². The van der Waals surface area contributed by atoms with Crippen molar-refractivity contribution < 1.29 is 9.59 Å². The molecule has 0 aromatic heterocycles. The lowest BCUT2D eigenvalue weighted by Gasteiger charge is -2.43. The average Bonchev–Trinajstić information content (AvgIpc) is 2.99. The van der Waals surface area contributed by atoms with Gasteiger partial charge in [-0.15, -0.1) is 0 Å². The van der Waals surface area contributed by atoms with E-state index in [0.717, 1.165) is 58.0 Å². The standard InChI is InChI=1S/C28H43N3O2.C8H10/c1-23-8-5-9-24(22-23)27-11-6-10-26(31(27)18-7-21-32)12-13-28(33)30-19-14-25(15-20-30)29-16-3-2-4-17-29;1-7-4-3-5-8(2)6-7/h5,8-9,21-22,25-27H,2-4,6-7,10-20H2,1H3;3-6H,1-2H3/t26-,27+;/m1./s1. The summed E-state index contributed by atoms with van der Waals surface area (Å²) in [6.07, 6.45) is 12.9. The predicted octanol–water partition coefficient (Wildman–Crippen LogP) is 7.04. The van der Waals surface area contributed by atoms with Crippen LogP contribution in [-0.2, 0) is 9.59 Å². The molecule has 0 bridgehead atoms. The molecule has 0 unspecified atom stereocenters. The van der Waals surface area contributed by atoms with Gasteiger partial charge in [0.25, 0.3) is 0 Å². The number of likely N-dealkylation sites (tertiary alicyclic amines) is 3. The highest BCUT2D eigenvalue weighted by atomic mass is 16.2. The Morgan fingerprint density at radius 2 is 1.46 bits per heavy atom. The van der Waals surface area contributed by atoms with Crippen LogP contribution in [0.2, 0.25) is 0 Å². The molecule has 3 heterocycles. The minimum absolute atomic E-state index is 0.333. The van der Waals surface area contributed by atoms with Crippen LogP contribution in [0.25, 0.3) is 0 Å². The SMILES string of the molecule is Cc1cccc(C)c1.Cc1cccc([C@@H]2CCC[C@H](CCC(=O)N3CCC(N4CCCCC4)CC3)N2CCC=O)c1. The van der Waals surface area contributed by atoms with Crippen LogP contribution in [0.3, 0.4) is 0 Å². The minimum Gasteiger partial charge on any atom is -0.343 e. The Bertz CT molecular complexity index is 1070. The summed E-state index contributed by atoms with van der Waals surface area (Å²) in [5.41, 5.74) is 5.32. The second kappa shape index (κ2) is 16.2. The van der Waals surface area contributed by atoms with Gasteiger partial charge in [0.05, 0.1) is 0 Å². The molecule has 0 N–H and O–H groups in total. The Kier molecular flexibility index (Phi) is 12.4. The topological polar surface area (TPSA) is 43.9 Å². The normalized spacial score (nSPS) is 22.6. The third-order valence-corrected chi connectivity index (χ3v) is 9.41. The quantitative estimate of drug-likeness (QED) is 0.326. The van der Waals surface area contributed by atoms with Gasteiger partial charge in [-0.05, 0) is 90.8 Å². The van der Waals surface area contributed by atoms with Gasteiger partial charge in [-0.1, -0.05) is 71.6 Å². The highest BCUT2D eigenvalue weighted by Crippen LogP contribution is 2.36. The van der Waals surface area contributed by atoms with E-state index in [1.54, 1.807) is 0 Å². The zero-order chi connectivity index (χ0) is 29.0. The van der Waals surface area contributed by atoms with E-state index < -0.39 is 0 Å². The molecule has 0 radical (unpaired) electrons. The van der Waals surface area contributed by atoms with Crippen molar-refractivity contribution in [1.82, 2.24) is 14.7 Å². The van der Waals surface area contributed by atoms with Gasteiger partial charge in [-0.3, -0.25) is 9.69 Å². The van der Waals surface area contributed by atoms with Gasteiger partial charge in [-0.25, -0.2) is 0 Å². The molecular weight excluding hydrogens is 506 g/mol.